The van der Waals surface area contributed by atoms with Gasteiger partial charge in [-0.25, -0.2) is 13.6 Å². The van der Waals surface area contributed by atoms with Gasteiger partial charge in [-0.2, -0.15) is 0 Å². The second kappa shape index (κ2) is 9.38. The number of rotatable bonds is 8. The van der Waals surface area contributed by atoms with E-state index in [9.17, 15) is 18.4 Å². The largest absolute Gasteiger partial charge is 0.493 e. The van der Waals surface area contributed by atoms with Gasteiger partial charge in [-0.15, -0.1) is 0 Å². The highest BCUT2D eigenvalue weighted by Crippen LogP contribution is 2.30. The molecule has 0 amide bonds. The number of hydrogen-bond donors (Lipinski definition) is 0. The van der Waals surface area contributed by atoms with Crippen molar-refractivity contribution in [1.82, 2.24) is 5.16 Å². The van der Waals surface area contributed by atoms with Crippen LogP contribution in [0.4, 0.5) is 8.78 Å². The first-order valence-corrected chi connectivity index (χ1v) is 9.18. The lowest BCUT2D eigenvalue weighted by Crippen LogP contribution is -2.14. The summed E-state index contributed by atoms with van der Waals surface area (Å²) < 4.78 is 47.3. The Hall–Kier alpha value is -3.75. The maximum Gasteiger partial charge on any atom is 0.338 e. The highest BCUT2D eigenvalue weighted by Gasteiger charge is 2.17. The van der Waals surface area contributed by atoms with Crippen LogP contribution in [0.15, 0.2) is 40.9 Å². The van der Waals surface area contributed by atoms with Crippen LogP contribution in [0.5, 0.6) is 11.5 Å². The zero-order valence-electron chi connectivity index (χ0n) is 17.0. The summed E-state index contributed by atoms with van der Waals surface area (Å²) in [6.07, 6.45) is 0. The van der Waals surface area contributed by atoms with Gasteiger partial charge in [-0.05, 0) is 50.2 Å². The summed E-state index contributed by atoms with van der Waals surface area (Å²) in [5.41, 5.74) is 1.54. The zero-order valence-corrected chi connectivity index (χ0v) is 17.0. The molecule has 0 aliphatic heterocycles. The van der Waals surface area contributed by atoms with Gasteiger partial charge in [-0.1, -0.05) is 5.16 Å². The molecule has 0 radical (unpaired) electrons. The number of nitrogens with zero attached hydrogens (tertiary/aromatic N) is 1. The summed E-state index contributed by atoms with van der Waals surface area (Å²) in [5.74, 6) is -2.37. The quantitative estimate of drug-likeness (QED) is 0.390. The number of aromatic nitrogens is 1. The number of Topliss-reactive ketones (excluding diaryl/α,β-unsaturated/α-hetero) is 1. The van der Waals surface area contributed by atoms with Crippen molar-refractivity contribution >= 4 is 11.8 Å². The second-order valence-electron chi connectivity index (χ2n) is 6.59. The Morgan fingerprint density at radius 3 is 2.39 bits per heavy atom. The van der Waals surface area contributed by atoms with Gasteiger partial charge in [0.05, 0.1) is 23.9 Å². The van der Waals surface area contributed by atoms with Crippen LogP contribution in [0, 0.1) is 25.5 Å². The molecule has 162 valence electrons. The summed E-state index contributed by atoms with van der Waals surface area (Å²) in [6, 6.07) is 7.09. The van der Waals surface area contributed by atoms with Crippen molar-refractivity contribution in [2.45, 2.75) is 20.5 Å². The van der Waals surface area contributed by atoms with E-state index in [1.54, 1.807) is 13.8 Å². The summed E-state index contributed by atoms with van der Waals surface area (Å²) in [4.78, 5) is 24.3. The summed E-state index contributed by atoms with van der Waals surface area (Å²) in [7, 11) is 1.42. The SMILES string of the molecule is COc1cc(C(=O)OCC(=O)c2ccc(F)c(F)c2)ccc1OCc1c(C)noc1C. The van der Waals surface area contributed by atoms with Gasteiger partial charge >= 0.3 is 5.97 Å². The minimum atomic E-state index is -1.16. The van der Waals surface area contributed by atoms with Gasteiger partial charge in [0.25, 0.3) is 0 Å². The predicted molar refractivity (Wildman–Crippen MR) is 104 cm³/mol. The topological polar surface area (TPSA) is 87.9 Å². The van der Waals surface area contributed by atoms with Gasteiger partial charge in [0, 0.05) is 5.56 Å². The first kappa shape index (κ1) is 21.9. The lowest BCUT2D eigenvalue weighted by Gasteiger charge is -2.12. The van der Waals surface area contributed by atoms with E-state index in [2.05, 4.69) is 5.16 Å². The van der Waals surface area contributed by atoms with Crippen molar-refractivity contribution in [3.63, 3.8) is 0 Å². The number of halogens is 2. The number of esters is 1. The number of hydrogen-bond acceptors (Lipinski definition) is 7. The Bertz CT molecular complexity index is 1110. The van der Waals surface area contributed by atoms with Crippen LogP contribution >= 0.6 is 0 Å². The van der Waals surface area contributed by atoms with Crippen molar-refractivity contribution in [3.05, 3.63) is 76.2 Å². The van der Waals surface area contributed by atoms with Gasteiger partial charge in [0.15, 0.2) is 35.5 Å². The zero-order chi connectivity index (χ0) is 22.5. The van der Waals surface area contributed by atoms with Crippen LogP contribution < -0.4 is 9.47 Å². The van der Waals surface area contributed by atoms with E-state index in [0.29, 0.717) is 17.2 Å². The third-order valence-corrected chi connectivity index (χ3v) is 4.53. The molecule has 0 aliphatic carbocycles. The van der Waals surface area contributed by atoms with E-state index in [1.807, 2.05) is 0 Å². The minimum absolute atomic E-state index is 0.104. The van der Waals surface area contributed by atoms with Crippen LogP contribution in [-0.2, 0) is 11.3 Å². The Balaban J connectivity index is 1.64. The van der Waals surface area contributed by atoms with Gasteiger partial charge in [0.1, 0.15) is 12.4 Å². The molecule has 0 spiro atoms. The number of ketones is 1. The molecule has 3 aromatic rings. The molecular formula is C22H19F2NO6. The third kappa shape index (κ3) is 5.06. The van der Waals surface area contributed by atoms with Gasteiger partial charge in [-0.3, -0.25) is 4.79 Å². The summed E-state index contributed by atoms with van der Waals surface area (Å²) in [6.45, 7) is 3.14. The Kier molecular flexibility index (Phi) is 6.64. The van der Waals surface area contributed by atoms with Crippen LogP contribution in [0.25, 0.3) is 0 Å². The fourth-order valence-corrected chi connectivity index (χ4v) is 2.74. The Morgan fingerprint density at radius 2 is 1.74 bits per heavy atom. The van der Waals surface area contributed by atoms with Crippen molar-refractivity contribution in [3.8, 4) is 11.5 Å². The highest BCUT2D eigenvalue weighted by atomic mass is 19.2. The normalized spacial score (nSPS) is 10.6. The van der Waals surface area contributed by atoms with Crippen molar-refractivity contribution < 1.29 is 37.1 Å². The van der Waals surface area contributed by atoms with Crippen molar-refractivity contribution in [2.24, 2.45) is 0 Å². The van der Waals surface area contributed by atoms with E-state index < -0.39 is 30.0 Å². The third-order valence-electron chi connectivity index (χ3n) is 4.53. The molecule has 0 fully saturated rings. The molecule has 0 atom stereocenters. The average molecular weight is 431 g/mol. The van der Waals surface area contributed by atoms with Gasteiger partial charge < -0.3 is 18.7 Å². The predicted octanol–water partition coefficient (Wildman–Crippen LogP) is 4.20. The van der Waals surface area contributed by atoms with Crippen molar-refractivity contribution in [1.29, 1.82) is 0 Å². The van der Waals surface area contributed by atoms with Gasteiger partial charge in [0.2, 0.25) is 0 Å². The van der Waals surface area contributed by atoms with Crippen molar-refractivity contribution in [2.75, 3.05) is 13.7 Å². The molecular weight excluding hydrogens is 412 g/mol. The molecule has 1 heterocycles. The first-order chi connectivity index (χ1) is 14.8. The number of methoxy groups -OCH3 is 1. The first-order valence-electron chi connectivity index (χ1n) is 9.18. The van der Waals surface area contributed by atoms with Crippen LogP contribution in [0.3, 0.4) is 0 Å². The number of carbonyl (C=O) groups is 2. The molecule has 2 aromatic carbocycles. The summed E-state index contributed by atoms with van der Waals surface area (Å²) >= 11 is 0. The number of benzene rings is 2. The number of ether oxygens (including phenoxy) is 3. The summed E-state index contributed by atoms with van der Waals surface area (Å²) in [5, 5.41) is 3.86. The Labute approximate surface area is 176 Å². The number of aryl methyl sites for hydroxylation is 2. The second-order valence-corrected chi connectivity index (χ2v) is 6.59. The van der Waals surface area contributed by atoms with E-state index in [0.717, 1.165) is 23.8 Å². The van der Waals surface area contributed by atoms with E-state index in [1.165, 1.54) is 25.3 Å². The lowest BCUT2D eigenvalue weighted by atomic mass is 10.1. The molecule has 31 heavy (non-hydrogen) atoms. The molecule has 1 aromatic heterocycles. The monoisotopic (exact) mass is 431 g/mol. The smallest absolute Gasteiger partial charge is 0.338 e. The van der Waals surface area contributed by atoms with E-state index >= 15 is 0 Å². The number of carbonyl (C=O) groups excluding carboxylic acids is 2. The molecule has 0 N–H and O–H groups in total. The van der Waals surface area contributed by atoms with E-state index in [4.69, 9.17) is 18.7 Å². The molecule has 9 heteroatoms. The fourth-order valence-electron chi connectivity index (χ4n) is 2.74. The molecule has 0 saturated carbocycles. The average Bonchev–Trinajstić information content (AvgIpc) is 3.09. The maximum atomic E-state index is 13.3. The lowest BCUT2D eigenvalue weighted by molar-refractivity contribution is 0.0474. The molecule has 0 saturated heterocycles. The van der Waals surface area contributed by atoms with Crippen LogP contribution in [-0.4, -0.2) is 30.6 Å². The fraction of sp³-hybridized carbons (Fsp3) is 0.227. The van der Waals surface area contributed by atoms with E-state index in [-0.39, 0.29) is 23.5 Å². The molecule has 7 nitrogen and oxygen atoms in total. The standard InChI is InChI=1S/C22H19F2NO6/c1-12-16(13(2)31-25-12)10-29-20-7-5-15(9-21(20)28-3)22(27)30-11-19(26)14-4-6-17(23)18(24)8-14/h4-9H,10-11H2,1-3H3. The minimum Gasteiger partial charge on any atom is -0.493 e. The van der Waals surface area contributed by atoms with Crippen LogP contribution in [0.2, 0.25) is 0 Å². The Morgan fingerprint density at radius 1 is 1.00 bits per heavy atom. The molecule has 0 aliphatic rings. The maximum absolute atomic E-state index is 13.3. The molecule has 0 unspecified atom stereocenters. The highest BCUT2D eigenvalue weighted by molar-refractivity contribution is 5.99. The van der Waals surface area contributed by atoms with Crippen LogP contribution in [0.1, 0.15) is 37.7 Å². The molecule has 0 bridgehead atoms. The molecule has 3 rings (SSSR count).